The Bertz CT molecular complexity index is 470. The molecule has 0 aromatic heterocycles. The molecule has 1 saturated heterocycles. The zero-order valence-corrected chi connectivity index (χ0v) is 11.0. The SMILES string of the molecule is C/C(=N\N=C(N)N)c1ccc(N2CCOCC2)cc1. The number of ether oxygens (including phenoxy) is 1. The minimum atomic E-state index is -0.0377. The van der Waals surface area contributed by atoms with Gasteiger partial charge in [-0.15, -0.1) is 5.10 Å². The first-order chi connectivity index (χ1) is 9.16. The molecule has 6 heteroatoms. The van der Waals surface area contributed by atoms with E-state index in [0.717, 1.165) is 37.6 Å². The minimum absolute atomic E-state index is 0.0377. The Kier molecular flexibility index (Phi) is 4.35. The maximum atomic E-state index is 5.34. The van der Waals surface area contributed by atoms with Gasteiger partial charge in [0.15, 0.2) is 0 Å². The van der Waals surface area contributed by atoms with Gasteiger partial charge in [-0.1, -0.05) is 12.1 Å². The maximum absolute atomic E-state index is 5.34. The molecule has 1 aromatic carbocycles. The Balaban J connectivity index is 2.09. The molecule has 0 aliphatic carbocycles. The van der Waals surface area contributed by atoms with Crippen LogP contribution in [0.15, 0.2) is 34.5 Å². The number of rotatable bonds is 3. The standard InChI is InChI=1S/C13H19N5O/c1-10(16-17-13(14)15)11-2-4-12(5-3-11)18-6-8-19-9-7-18/h2-5H,6-9H2,1H3,(H4,14,15,17)/b16-10+. The van der Waals surface area contributed by atoms with E-state index in [4.69, 9.17) is 16.2 Å². The van der Waals surface area contributed by atoms with Crippen LogP contribution in [0.5, 0.6) is 0 Å². The summed E-state index contributed by atoms with van der Waals surface area (Å²) in [5.41, 5.74) is 13.5. The number of hydrogen-bond acceptors (Lipinski definition) is 4. The minimum Gasteiger partial charge on any atom is -0.378 e. The smallest absolute Gasteiger partial charge is 0.211 e. The molecule has 0 unspecified atom stereocenters. The van der Waals surface area contributed by atoms with Crippen LogP contribution in [0.2, 0.25) is 0 Å². The molecule has 0 amide bonds. The molecular weight excluding hydrogens is 242 g/mol. The van der Waals surface area contributed by atoms with Crippen LogP contribution in [0, 0.1) is 0 Å². The Morgan fingerprint density at radius 3 is 2.32 bits per heavy atom. The van der Waals surface area contributed by atoms with E-state index in [-0.39, 0.29) is 5.96 Å². The van der Waals surface area contributed by atoms with E-state index in [9.17, 15) is 0 Å². The lowest BCUT2D eigenvalue weighted by atomic mass is 10.1. The molecule has 1 fully saturated rings. The highest BCUT2D eigenvalue weighted by molar-refractivity contribution is 5.99. The Morgan fingerprint density at radius 2 is 1.74 bits per heavy atom. The van der Waals surface area contributed by atoms with Crippen molar-refractivity contribution in [3.63, 3.8) is 0 Å². The highest BCUT2D eigenvalue weighted by Crippen LogP contribution is 2.17. The monoisotopic (exact) mass is 261 g/mol. The fourth-order valence-electron chi connectivity index (χ4n) is 1.93. The third-order valence-corrected chi connectivity index (χ3v) is 2.98. The van der Waals surface area contributed by atoms with Crippen molar-refractivity contribution < 1.29 is 4.74 Å². The zero-order chi connectivity index (χ0) is 13.7. The van der Waals surface area contributed by atoms with Gasteiger partial charge in [0.1, 0.15) is 0 Å². The maximum Gasteiger partial charge on any atom is 0.211 e. The molecule has 0 saturated carbocycles. The summed E-state index contributed by atoms with van der Waals surface area (Å²) in [6, 6.07) is 8.20. The molecule has 1 aliphatic rings. The van der Waals surface area contributed by atoms with Crippen LogP contribution in [-0.4, -0.2) is 38.0 Å². The van der Waals surface area contributed by atoms with Gasteiger partial charge in [0.05, 0.1) is 18.9 Å². The number of morpholine rings is 1. The van der Waals surface area contributed by atoms with E-state index in [1.807, 2.05) is 19.1 Å². The van der Waals surface area contributed by atoms with E-state index in [1.165, 1.54) is 5.69 Å². The van der Waals surface area contributed by atoms with Gasteiger partial charge in [0.25, 0.3) is 0 Å². The Morgan fingerprint density at radius 1 is 1.11 bits per heavy atom. The number of guanidine groups is 1. The molecule has 102 valence electrons. The lowest BCUT2D eigenvalue weighted by Crippen LogP contribution is -2.36. The largest absolute Gasteiger partial charge is 0.378 e. The molecule has 6 nitrogen and oxygen atoms in total. The fraction of sp³-hybridized carbons (Fsp3) is 0.385. The van der Waals surface area contributed by atoms with Crippen molar-refractivity contribution >= 4 is 17.4 Å². The number of anilines is 1. The summed E-state index contributed by atoms with van der Waals surface area (Å²) in [6.45, 7) is 5.30. The van der Waals surface area contributed by atoms with E-state index in [0.29, 0.717) is 0 Å². The van der Waals surface area contributed by atoms with Crippen LogP contribution in [0.3, 0.4) is 0 Å². The third kappa shape index (κ3) is 3.69. The predicted molar refractivity (Wildman–Crippen MR) is 77.5 cm³/mol. The van der Waals surface area contributed by atoms with Crippen LogP contribution < -0.4 is 16.4 Å². The van der Waals surface area contributed by atoms with Gasteiger partial charge >= 0.3 is 0 Å². The van der Waals surface area contributed by atoms with E-state index in [2.05, 4.69) is 27.2 Å². The summed E-state index contributed by atoms with van der Waals surface area (Å²) in [5.74, 6) is -0.0377. The predicted octanol–water partition coefficient (Wildman–Crippen LogP) is 0.521. The van der Waals surface area contributed by atoms with E-state index < -0.39 is 0 Å². The first-order valence-corrected chi connectivity index (χ1v) is 6.23. The number of nitrogens with zero attached hydrogens (tertiary/aromatic N) is 3. The first-order valence-electron chi connectivity index (χ1n) is 6.23. The van der Waals surface area contributed by atoms with Gasteiger partial charge in [-0.3, -0.25) is 0 Å². The molecule has 1 aromatic rings. The molecule has 0 atom stereocenters. The number of nitrogens with two attached hydrogens (primary N) is 2. The summed E-state index contributed by atoms with van der Waals surface area (Å²) in [4.78, 5) is 2.30. The molecule has 2 rings (SSSR count). The van der Waals surface area contributed by atoms with Crippen molar-refractivity contribution in [2.24, 2.45) is 21.7 Å². The van der Waals surface area contributed by atoms with Gasteiger partial charge in [0, 0.05) is 18.8 Å². The van der Waals surface area contributed by atoms with Gasteiger partial charge in [-0.05, 0) is 24.6 Å². The fourth-order valence-corrected chi connectivity index (χ4v) is 1.93. The van der Waals surface area contributed by atoms with Crippen LogP contribution in [0.4, 0.5) is 5.69 Å². The van der Waals surface area contributed by atoms with Gasteiger partial charge in [-0.25, -0.2) is 0 Å². The second-order valence-corrected chi connectivity index (χ2v) is 4.36. The van der Waals surface area contributed by atoms with E-state index in [1.54, 1.807) is 0 Å². The molecule has 19 heavy (non-hydrogen) atoms. The summed E-state index contributed by atoms with van der Waals surface area (Å²) in [7, 11) is 0. The summed E-state index contributed by atoms with van der Waals surface area (Å²) in [5, 5.41) is 7.60. The molecule has 0 radical (unpaired) electrons. The van der Waals surface area contributed by atoms with Crippen LogP contribution in [0.25, 0.3) is 0 Å². The topological polar surface area (TPSA) is 89.2 Å². The highest BCUT2D eigenvalue weighted by Gasteiger charge is 2.10. The Labute approximate surface area is 112 Å². The summed E-state index contributed by atoms with van der Waals surface area (Å²) >= 11 is 0. The first kappa shape index (κ1) is 13.4. The second-order valence-electron chi connectivity index (χ2n) is 4.36. The van der Waals surface area contributed by atoms with Crippen molar-refractivity contribution in [3.8, 4) is 0 Å². The average Bonchev–Trinajstić information content (AvgIpc) is 2.46. The lowest BCUT2D eigenvalue weighted by Gasteiger charge is -2.28. The normalized spacial score (nSPS) is 16.3. The molecule has 0 bridgehead atoms. The van der Waals surface area contributed by atoms with Crippen molar-refractivity contribution in [3.05, 3.63) is 29.8 Å². The quantitative estimate of drug-likeness (QED) is 0.471. The Hall–Kier alpha value is -2.08. The van der Waals surface area contributed by atoms with Crippen molar-refractivity contribution in [1.29, 1.82) is 0 Å². The molecule has 1 aliphatic heterocycles. The summed E-state index contributed by atoms with van der Waals surface area (Å²) in [6.07, 6.45) is 0. The van der Waals surface area contributed by atoms with Crippen molar-refractivity contribution in [2.75, 3.05) is 31.2 Å². The second kappa shape index (κ2) is 6.19. The van der Waals surface area contributed by atoms with Crippen LogP contribution in [0.1, 0.15) is 12.5 Å². The molecule has 0 spiro atoms. The van der Waals surface area contributed by atoms with Crippen LogP contribution >= 0.6 is 0 Å². The van der Waals surface area contributed by atoms with Gasteiger partial charge in [0.2, 0.25) is 5.96 Å². The zero-order valence-electron chi connectivity index (χ0n) is 11.0. The number of benzene rings is 1. The van der Waals surface area contributed by atoms with E-state index >= 15 is 0 Å². The van der Waals surface area contributed by atoms with Crippen molar-refractivity contribution in [1.82, 2.24) is 0 Å². The molecule has 4 N–H and O–H groups in total. The number of hydrogen-bond donors (Lipinski definition) is 2. The molecule has 1 heterocycles. The lowest BCUT2D eigenvalue weighted by molar-refractivity contribution is 0.122. The van der Waals surface area contributed by atoms with Crippen molar-refractivity contribution in [2.45, 2.75) is 6.92 Å². The van der Waals surface area contributed by atoms with Gasteiger partial charge < -0.3 is 21.1 Å². The van der Waals surface area contributed by atoms with Gasteiger partial charge in [-0.2, -0.15) is 5.10 Å². The highest BCUT2D eigenvalue weighted by atomic mass is 16.5. The van der Waals surface area contributed by atoms with Crippen LogP contribution in [-0.2, 0) is 4.74 Å². The third-order valence-electron chi connectivity index (χ3n) is 2.98. The molecular formula is C13H19N5O. The average molecular weight is 261 g/mol. The summed E-state index contributed by atoms with van der Waals surface area (Å²) < 4.78 is 5.34.